The monoisotopic (exact) mass is 228 g/mol. The molecule has 0 aromatic heterocycles. The lowest BCUT2D eigenvalue weighted by Gasteiger charge is -2.06. The summed E-state index contributed by atoms with van der Waals surface area (Å²) in [6.07, 6.45) is 0. The molecule has 0 amide bonds. The molecule has 1 heterocycles. The van der Waals surface area contributed by atoms with Crippen molar-refractivity contribution in [3.8, 4) is 0 Å². The molecular weight excluding hydrogens is 218 g/mol. The van der Waals surface area contributed by atoms with Crippen molar-refractivity contribution in [2.75, 3.05) is 12.3 Å². The van der Waals surface area contributed by atoms with Crippen LogP contribution in [0.3, 0.4) is 0 Å². The second-order valence-electron chi connectivity index (χ2n) is 3.12. The van der Waals surface area contributed by atoms with Gasteiger partial charge in [-0.15, -0.1) is 0 Å². The van der Waals surface area contributed by atoms with Crippen LogP contribution in [0, 0.1) is 11.6 Å². The number of nitrogens with zero attached hydrogens (tertiary/aromatic N) is 1. The molecule has 80 valence electrons. The van der Waals surface area contributed by atoms with Crippen LogP contribution in [0.4, 0.5) is 8.78 Å². The Morgan fingerprint density at radius 1 is 1.40 bits per heavy atom. The van der Waals surface area contributed by atoms with E-state index < -0.39 is 11.6 Å². The predicted molar refractivity (Wildman–Crippen MR) is 58.0 cm³/mol. The van der Waals surface area contributed by atoms with Gasteiger partial charge in [0.05, 0.1) is 6.54 Å². The summed E-state index contributed by atoms with van der Waals surface area (Å²) in [5, 5.41) is 3.84. The summed E-state index contributed by atoms with van der Waals surface area (Å²) in [6.45, 7) is 1.15. The van der Waals surface area contributed by atoms with Crippen LogP contribution in [0.5, 0.6) is 0 Å². The fourth-order valence-electron chi connectivity index (χ4n) is 1.28. The summed E-state index contributed by atoms with van der Waals surface area (Å²) in [5.41, 5.74) is 0.451. The van der Waals surface area contributed by atoms with Crippen molar-refractivity contribution in [3.63, 3.8) is 0 Å². The smallest absolute Gasteiger partial charge is 0.156 e. The molecule has 2 rings (SSSR count). The average molecular weight is 228 g/mol. The third kappa shape index (κ3) is 2.68. The molecule has 0 spiro atoms. The summed E-state index contributed by atoms with van der Waals surface area (Å²) in [6, 6.07) is 3.59. The Kier molecular flexibility index (Phi) is 3.20. The van der Waals surface area contributed by atoms with Gasteiger partial charge in [0.25, 0.3) is 0 Å². The molecular formula is C10H10F2N2S. The fraction of sp³-hybridized carbons (Fsp3) is 0.300. The van der Waals surface area contributed by atoms with Gasteiger partial charge in [-0.3, -0.25) is 4.99 Å². The lowest BCUT2D eigenvalue weighted by Crippen LogP contribution is -2.18. The molecule has 0 bridgehead atoms. The summed E-state index contributed by atoms with van der Waals surface area (Å²) in [4.78, 5) is 4.17. The average Bonchev–Trinajstić information content (AvgIpc) is 2.69. The molecule has 2 nitrogen and oxygen atoms in total. The minimum absolute atomic E-state index is 0.345. The number of aliphatic imine (C=N–C) groups is 1. The third-order valence-corrected chi connectivity index (χ3v) is 2.96. The quantitative estimate of drug-likeness (QED) is 0.838. The number of hydrogen-bond acceptors (Lipinski definition) is 3. The Balaban J connectivity index is 1.98. The van der Waals surface area contributed by atoms with Gasteiger partial charge < -0.3 is 5.32 Å². The Labute approximate surface area is 90.8 Å². The zero-order valence-electron chi connectivity index (χ0n) is 7.96. The van der Waals surface area contributed by atoms with E-state index in [1.165, 1.54) is 12.1 Å². The van der Waals surface area contributed by atoms with Gasteiger partial charge in [0, 0.05) is 23.9 Å². The number of hydrogen-bond donors (Lipinski definition) is 1. The van der Waals surface area contributed by atoms with E-state index >= 15 is 0 Å². The molecule has 1 aromatic rings. The minimum Gasteiger partial charge on any atom is -0.361 e. The highest BCUT2D eigenvalue weighted by molar-refractivity contribution is 8.14. The lowest BCUT2D eigenvalue weighted by molar-refractivity contribution is 0.570. The van der Waals surface area contributed by atoms with Crippen LogP contribution in [0.25, 0.3) is 0 Å². The second kappa shape index (κ2) is 4.61. The van der Waals surface area contributed by atoms with Crippen LogP contribution in [0.15, 0.2) is 23.2 Å². The van der Waals surface area contributed by atoms with Crippen LogP contribution in [-0.2, 0) is 6.54 Å². The number of nitrogens with one attached hydrogen (secondary N) is 1. The molecule has 0 radical (unpaired) electrons. The molecule has 0 atom stereocenters. The molecule has 0 saturated heterocycles. The molecule has 1 aliphatic heterocycles. The maximum atomic E-state index is 13.2. The molecule has 15 heavy (non-hydrogen) atoms. The van der Waals surface area contributed by atoms with Gasteiger partial charge in [-0.05, 0) is 6.07 Å². The van der Waals surface area contributed by atoms with E-state index in [1.54, 1.807) is 11.8 Å². The van der Waals surface area contributed by atoms with Crippen molar-refractivity contribution in [2.45, 2.75) is 6.54 Å². The van der Waals surface area contributed by atoms with E-state index in [4.69, 9.17) is 0 Å². The Morgan fingerprint density at radius 3 is 2.93 bits per heavy atom. The lowest BCUT2D eigenvalue weighted by atomic mass is 10.2. The van der Waals surface area contributed by atoms with Crippen molar-refractivity contribution in [3.05, 3.63) is 35.4 Å². The van der Waals surface area contributed by atoms with Gasteiger partial charge in [0.1, 0.15) is 11.6 Å². The second-order valence-corrected chi connectivity index (χ2v) is 4.21. The highest BCUT2D eigenvalue weighted by Gasteiger charge is 2.08. The normalized spacial score (nSPS) is 15.2. The summed E-state index contributed by atoms with van der Waals surface area (Å²) < 4.78 is 25.8. The van der Waals surface area contributed by atoms with E-state index in [9.17, 15) is 8.78 Å². The first-order valence-corrected chi connectivity index (χ1v) is 5.59. The van der Waals surface area contributed by atoms with E-state index in [0.29, 0.717) is 12.1 Å². The molecule has 0 unspecified atom stereocenters. The van der Waals surface area contributed by atoms with Gasteiger partial charge in [0.15, 0.2) is 5.17 Å². The molecule has 1 aliphatic rings. The number of halogens is 2. The van der Waals surface area contributed by atoms with Crippen LogP contribution in [0.1, 0.15) is 5.56 Å². The maximum Gasteiger partial charge on any atom is 0.156 e. The van der Waals surface area contributed by atoms with E-state index in [-0.39, 0.29) is 0 Å². The van der Waals surface area contributed by atoms with Gasteiger partial charge >= 0.3 is 0 Å². The van der Waals surface area contributed by atoms with E-state index in [0.717, 1.165) is 23.5 Å². The van der Waals surface area contributed by atoms with Crippen molar-refractivity contribution in [1.82, 2.24) is 5.32 Å². The van der Waals surface area contributed by atoms with Gasteiger partial charge in [-0.1, -0.05) is 17.8 Å². The largest absolute Gasteiger partial charge is 0.361 e. The number of amidine groups is 1. The zero-order chi connectivity index (χ0) is 10.7. The van der Waals surface area contributed by atoms with Crippen LogP contribution in [0.2, 0.25) is 0 Å². The van der Waals surface area contributed by atoms with Gasteiger partial charge in [0.2, 0.25) is 0 Å². The molecule has 0 fully saturated rings. The summed E-state index contributed by atoms with van der Waals surface area (Å²) in [7, 11) is 0. The predicted octanol–water partition coefficient (Wildman–Crippen LogP) is 2.16. The fourth-order valence-corrected chi connectivity index (χ4v) is 2.01. The first kappa shape index (κ1) is 10.4. The molecule has 0 saturated carbocycles. The van der Waals surface area contributed by atoms with Crippen molar-refractivity contribution >= 4 is 16.9 Å². The minimum atomic E-state index is -0.552. The van der Waals surface area contributed by atoms with Gasteiger partial charge in [-0.2, -0.15) is 0 Å². The van der Waals surface area contributed by atoms with Crippen LogP contribution >= 0.6 is 11.8 Å². The Hall–Kier alpha value is -1.10. The summed E-state index contributed by atoms with van der Waals surface area (Å²) >= 11 is 1.61. The molecule has 1 aromatic carbocycles. The third-order valence-electron chi connectivity index (χ3n) is 2.03. The Bertz CT molecular complexity index is 393. The highest BCUT2D eigenvalue weighted by Crippen LogP contribution is 2.12. The van der Waals surface area contributed by atoms with Crippen LogP contribution < -0.4 is 5.32 Å². The maximum absolute atomic E-state index is 13.2. The molecule has 0 aliphatic carbocycles. The highest BCUT2D eigenvalue weighted by atomic mass is 32.2. The first-order chi connectivity index (χ1) is 7.25. The first-order valence-electron chi connectivity index (χ1n) is 4.61. The standard InChI is InChI=1S/C10H10F2N2S/c11-8-2-1-7(9(12)5-8)6-14-10-13-3-4-15-10/h1-2,5H,3-4,6H2,(H,13,14). The van der Waals surface area contributed by atoms with Gasteiger partial charge in [-0.25, -0.2) is 8.78 Å². The van der Waals surface area contributed by atoms with E-state index in [2.05, 4.69) is 10.3 Å². The van der Waals surface area contributed by atoms with Crippen molar-refractivity contribution < 1.29 is 8.78 Å². The van der Waals surface area contributed by atoms with Crippen LogP contribution in [-0.4, -0.2) is 17.5 Å². The van der Waals surface area contributed by atoms with E-state index in [1.807, 2.05) is 0 Å². The van der Waals surface area contributed by atoms with Crippen molar-refractivity contribution in [1.29, 1.82) is 0 Å². The van der Waals surface area contributed by atoms with Crippen molar-refractivity contribution in [2.24, 2.45) is 4.99 Å². The topological polar surface area (TPSA) is 24.4 Å². The molecule has 5 heteroatoms. The Morgan fingerprint density at radius 2 is 2.27 bits per heavy atom. The summed E-state index contributed by atoms with van der Waals surface area (Å²) in [5.74, 6) is -0.108. The number of rotatable bonds is 2. The molecule has 1 N–H and O–H groups in total. The zero-order valence-corrected chi connectivity index (χ0v) is 8.78. The number of thioether (sulfide) groups is 1. The number of benzene rings is 1. The SMILES string of the molecule is Fc1ccc(CNC2=NCCS2)c(F)c1.